The van der Waals surface area contributed by atoms with Gasteiger partial charge in [-0.05, 0) is 5.92 Å². The maximum absolute atomic E-state index is 9.59. The Bertz CT molecular complexity index is 295. The summed E-state index contributed by atoms with van der Waals surface area (Å²) in [5, 5.41) is 22.1. The summed E-state index contributed by atoms with van der Waals surface area (Å²) in [6.07, 6.45) is 0.481. The minimum absolute atomic E-state index is 0.163. The normalized spacial score (nSPS) is 14.9. The van der Waals surface area contributed by atoms with Crippen molar-refractivity contribution < 1.29 is 14.9 Å². The number of rotatable bonds is 8. The van der Waals surface area contributed by atoms with E-state index in [-0.39, 0.29) is 12.5 Å². The van der Waals surface area contributed by atoms with Gasteiger partial charge in [0.15, 0.2) is 0 Å². The molecule has 2 unspecified atom stereocenters. The molecular weight excluding hydrogens is 242 g/mol. The molecule has 3 N–H and O–H groups in total. The molecule has 0 saturated carbocycles. The van der Waals surface area contributed by atoms with Crippen LogP contribution in [0.4, 0.5) is 0 Å². The first kappa shape index (κ1) is 14.3. The number of nitrogens with zero attached hydrogens (tertiary/aromatic N) is 2. The van der Waals surface area contributed by atoms with Crippen molar-refractivity contribution in [1.29, 1.82) is 0 Å². The lowest BCUT2D eigenvalue weighted by Crippen LogP contribution is -2.37. The van der Waals surface area contributed by atoms with Gasteiger partial charge in [0.2, 0.25) is 5.88 Å². The van der Waals surface area contributed by atoms with E-state index in [4.69, 9.17) is 4.74 Å². The summed E-state index contributed by atoms with van der Waals surface area (Å²) in [5.74, 6) is 0.633. The summed E-state index contributed by atoms with van der Waals surface area (Å²) in [4.78, 5) is 0. The molecule has 0 radical (unpaired) electrons. The van der Waals surface area contributed by atoms with E-state index in [1.54, 1.807) is 0 Å². The van der Waals surface area contributed by atoms with Gasteiger partial charge in [0.05, 0.1) is 17.8 Å². The Labute approximate surface area is 105 Å². The van der Waals surface area contributed by atoms with Gasteiger partial charge in [0.1, 0.15) is 18.9 Å². The molecule has 0 saturated heterocycles. The topological polar surface area (TPSA) is 87.5 Å². The zero-order valence-electron chi connectivity index (χ0n) is 10.0. The molecule has 98 valence electrons. The SMILES string of the molecule is CC(C)C(O)CNCC(O)COc1cnsn1. The standard InChI is InChI=1S/C10H19N3O3S/c1-7(2)9(15)4-11-3-8(14)6-16-10-5-12-17-13-10/h5,7-9,11,14-15H,3-4,6H2,1-2H3. The van der Waals surface area contributed by atoms with Crippen LogP contribution < -0.4 is 10.1 Å². The van der Waals surface area contributed by atoms with Crippen LogP contribution in [-0.4, -0.2) is 50.9 Å². The summed E-state index contributed by atoms with van der Waals surface area (Å²) in [6, 6.07) is 0. The zero-order chi connectivity index (χ0) is 12.7. The average molecular weight is 261 g/mol. The van der Waals surface area contributed by atoms with Crippen molar-refractivity contribution in [2.75, 3.05) is 19.7 Å². The fourth-order valence-electron chi connectivity index (χ4n) is 1.09. The van der Waals surface area contributed by atoms with Crippen molar-refractivity contribution in [1.82, 2.24) is 14.1 Å². The molecule has 0 aliphatic rings. The fourth-order valence-corrected chi connectivity index (χ4v) is 1.46. The smallest absolute Gasteiger partial charge is 0.245 e. The second-order valence-corrected chi connectivity index (χ2v) is 4.74. The lowest BCUT2D eigenvalue weighted by Gasteiger charge is -2.17. The second kappa shape index (κ2) is 7.54. The van der Waals surface area contributed by atoms with Crippen LogP contribution in [0, 0.1) is 5.92 Å². The third-order valence-corrected chi connectivity index (χ3v) is 2.73. The lowest BCUT2D eigenvalue weighted by atomic mass is 10.1. The van der Waals surface area contributed by atoms with Crippen LogP contribution in [0.5, 0.6) is 5.88 Å². The monoisotopic (exact) mass is 261 g/mol. The second-order valence-electron chi connectivity index (χ2n) is 4.18. The summed E-state index contributed by atoms with van der Waals surface area (Å²) in [5.41, 5.74) is 0. The van der Waals surface area contributed by atoms with Crippen molar-refractivity contribution in [2.24, 2.45) is 5.92 Å². The Morgan fingerprint density at radius 1 is 1.41 bits per heavy atom. The van der Waals surface area contributed by atoms with Crippen LogP contribution in [0.15, 0.2) is 6.20 Å². The van der Waals surface area contributed by atoms with Gasteiger partial charge in [-0.3, -0.25) is 0 Å². The highest BCUT2D eigenvalue weighted by Gasteiger charge is 2.10. The lowest BCUT2D eigenvalue weighted by molar-refractivity contribution is 0.0896. The van der Waals surface area contributed by atoms with Gasteiger partial charge in [-0.2, -0.15) is 4.37 Å². The zero-order valence-corrected chi connectivity index (χ0v) is 10.9. The Morgan fingerprint density at radius 2 is 2.18 bits per heavy atom. The molecule has 1 rings (SSSR count). The van der Waals surface area contributed by atoms with E-state index in [1.807, 2.05) is 13.8 Å². The fraction of sp³-hybridized carbons (Fsp3) is 0.800. The first-order valence-corrected chi connectivity index (χ1v) is 6.30. The first-order valence-electron chi connectivity index (χ1n) is 5.56. The molecule has 1 heterocycles. The largest absolute Gasteiger partial charge is 0.473 e. The van der Waals surface area contributed by atoms with E-state index in [9.17, 15) is 10.2 Å². The number of aliphatic hydroxyl groups is 2. The molecule has 6 nitrogen and oxygen atoms in total. The summed E-state index contributed by atoms with van der Waals surface area (Å²) >= 11 is 1.06. The van der Waals surface area contributed by atoms with Crippen molar-refractivity contribution in [3.8, 4) is 5.88 Å². The van der Waals surface area contributed by atoms with Crippen molar-refractivity contribution >= 4 is 11.7 Å². The van der Waals surface area contributed by atoms with Crippen molar-refractivity contribution in [3.05, 3.63) is 6.20 Å². The van der Waals surface area contributed by atoms with E-state index >= 15 is 0 Å². The molecule has 0 aliphatic carbocycles. The Kier molecular flexibility index (Phi) is 6.35. The predicted octanol–water partition coefficient (Wildman–Crippen LogP) is -0.116. The summed E-state index contributed by atoms with van der Waals surface area (Å²) in [6.45, 7) is 4.90. The number of hydrogen-bond donors (Lipinski definition) is 3. The van der Waals surface area contributed by atoms with Gasteiger partial charge < -0.3 is 20.3 Å². The number of nitrogens with one attached hydrogen (secondary N) is 1. The molecule has 0 aliphatic heterocycles. The molecule has 1 aromatic rings. The number of ether oxygens (including phenoxy) is 1. The summed E-state index contributed by atoms with van der Waals surface area (Å²) in [7, 11) is 0. The summed E-state index contributed by atoms with van der Waals surface area (Å²) < 4.78 is 12.8. The van der Waals surface area contributed by atoms with Crippen LogP contribution in [0.2, 0.25) is 0 Å². The third kappa shape index (κ3) is 5.92. The molecule has 1 aromatic heterocycles. The van der Waals surface area contributed by atoms with Crippen LogP contribution >= 0.6 is 11.7 Å². The highest BCUT2D eigenvalue weighted by molar-refractivity contribution is 6.99. The molecule has 0 amide bonds. The van der Waals surface area contributed by atoms with Crippen LogP contribution in [-0.2, 0) is 0 Å². The Balaban J connectivity index is 2.07. The molecule has 2 atom stereocenters. The number of hydrogen-bond acceptors (Lipinski definition) is 7. The first-order chi connectivity index (χ1) is 8.09. The number of aliphatic hydroxyl groups excluding tert-OH is 2. The molecule has 0 aromatic carbocycles. The van der Waals surface area contributed by atoms with Gasteiger partial charge >= 0.3 is 0 Å². The highest BCUT2D eigenvalue weighted by Crippen LogP contribution is 2.05. The van der Waals surface area contributed by atoms with E-state index in [1.165, 1.54) is 6.20 Å². The van der Waals surface area contributed by atoms with E-state index in [0.717, 1.165) is 11.7 Å². The van der Waals surface area contributed by atoms with E-state index < -0.39 is 12.2 Å². The van der Waals surface area contributed by atoms with E-state index in [2.05, 4.69) is 14.1 Å². The molecule has 7 heteroatoms. The minimum atomic E-state index is -0.629. The molecule has 0 fully saturated rings. The van der Waals surface area contributed by atoms with Crippen LogP contribution in [0.3, 0.4) is 0 Å². The average Bonchev–Trinajstić information content (AvgIpc) is 2.78. The van der Waals surface area contributed by atoms with E-state index in [0.29, 0.717) is 19.0 Å². The van der Waals surface area contributed by atoms with Crippen LogP contribution in [0.1, 0.15) is 13.8 Å². The van der Waals surface area contributed by atoms with Crippen LogP contribution in [0.25, 0.3) is 0 Å². The molecule has 0 bridgehead atoms. The Hall–Kier alpha value is -0.760. The third-order valence-electron chi connectivity index (χ3n) is 2.27. The Morgan fingerprint density at radius 3 is 2.76 bits per heavy atom. The maximum atomic E-state index is 9.59. The molecule has 0 spiro atoms. The number of aromatic nitrogens is 2. The quantitative estimate of drug-likeness (QED) is 0.605. The van der Waals surface area contributed by atoms with Crippen molar-refractivity contribution in [2.45, 2.75) is 26.1 Å². The van der Waals surface area contributed by atoms with Gasteiger partial charge in [-0.1, -0.05) is 13.8 Å². The van der Waals surface area contributed by atoms with Gasteiger partial charge in [-0.15, -0.1) is 4.37 Å². The maximum Gasteiger partial charge on any atom is 0.245 e. The van der Waals surface area contributed by atoms with Crippen molar-refractivity contribution in [3.63, 3.8) is 0 Å². The molecule has 17 heavy (non-hydrogen) atoms. The predicted molar refractivity (Wildman–Crippen MR) is 65.1 cm³/mol. The van der Waals surface area contributed by atoms with Gasteiger partial charge in [0.25, 0.3) is 0 Å². The van der Waals surface area contributed by atoms with Gasteiger partial charge in [-0.25, -0.2) is 0 Å². The highest BCUT2D eigenvalue weighted by atomic mass is 32.1. The minimum Gasteiger partial charge on any atom is -0.473 e. The molecular formula is C10H19N3O3S. The van der Waals surface area contributed by atoms with Gasteiger partial charge in [0, 0.05) is 13.1 Å².